The van der Waals surface area contributed by atoms with E-state index >= 15 is 0 Å². The van der Waals surface area contributed by atoms with E-state index in [1.54, 1.807) is 0 Å². The van der Waals surface area contributed by atoms with Crippen molar-refractivity contribution in [3.63, 3.8) is 0 Å². The highest BCUT2D eigenvalue weighted by molar-refractivity contribution is 4.64. The van der Waals surface area contributed by atoms with Crippen molar-refractivity contribution in [3.05, 3.63) is 0 Å². The van der Waals surface area contributed by atoms with Crippen LogP contribution in [0.5, 0.6) is 0 Å². The Morgan fingerprint density at radius 1 is 1.50 bits per heavy atom. The maximum atomic E-state index is 9.12. The maximum Gasteiger partial charge on any atom is 0.0714 e. The number of hydrogen-bond acceptors (Lipinski definition) is 4. The molecule has 0 amide bonds. The largest absolute Gasteiger partial charge is 0.396 e. The SMILES string of the molecule is CC(CCO)C(O)CNO. The summed E-state index contributed by atoms with van der Waals surface area (Å²) in [6, 6.07) is 0. The fourth-order valence-electron chi connectivity index (χ4n) is 0.691. The molecule has 10 heavy (non-hydrogen) atoms. The van der Waals surface area contributed by atoms with Crippen LogP contribution in [0.1, 0.15) is 13.3 Å². The summed E-state index contributed by atoms with van der Waals surface area (Å²) in [5.41, 5.74) is 1.88. The van der Waals surface area contributed by atoms with Gasteiger partial charge in [-0.2, -0.15) is 0 Å². The molecule has 0 aromatic carbocycles. The summed E-state index contributed by atoms with van der Waals surface area (Å²) in [5.74, 6) is 0.0182. The first-order chi connectivity index (χ1) is 4.72. The Morgan fingerprint density at radius 2 is 2.10 bits per heavy atom. The molecule has 0 aromatic heterocycles. The lowest BCUT2D eigenvalue weighted by atomic mass is 10.0. The monoisotopic (exact) mass is 149 g/mol. The summed E-state index contributed by atoms with van der Waals surface area (Å²) in [5, 5.41) is 25.8. The van der Waals surface area contributed by atoms with Gasteiger partial charge in [-0.25, -0.2) is 5.48 Å². The Labute approximate surface area is 60.5 Å². The molecule has 0 aliphatic heterocycles. The molecule has 0 saturated carbocycles. The molecular weight excluding hydrogens is 134 g/mol. The van der Waals surface area contributed by atoms with Gasteiger partial charge in [-0.15, -0.1) is 0 Å². The van der Waals surface area contributed by atoms with Gasteiger partial charge in [-0.05, 0) is 12.3 Å². The molecule has 0 aromatic rings. The number of rotatable bonds is 5. The predicted molar refractivity (Wildman–Crippen MR) is 36.7 cm³/mol. The topological polar surface area (TPSA) is 72.7 Å². The van der Waals surface area contributed by atoms with E-state index in [9.17, 15) is 0 Å². The molecule has 4 N–H and O–H groups in total. The smallest absolute Gasteiger partial charge is 0.0714 e. The lowest BCUT2D eigenvalue weighted by molar-refractivity contribution is 0.0523. The van der Waals surface area contributed by atoms with Crippen molar-refractivity contribution >= 4 is 0 Å². The molecule has 62 valence electrons. The van der Waals surface area contributed by atoms with Crippen molar-refractivity contribution in [2.75, 3.05) is 13.2 Å². The summed E-state index contributed by atoms with van der Waals surface area (Å²) in [7, 11) is 0. The van der Waals surface area contributed by atoms with Crippen LogP contribution in [-0.2, 0) is 0 Å². The van der Waals surface area contributed by atoms with Crippen LogP contribution in [0.15, 0.2) is 0 Å². The minimum absolute atomic E-state index is 0.0182. The van der Waals surface area contributed by atoms with Gasteiger partial charge in [-0.1, -0.05) is 6.92 Å². The predicted octanol–water partition coefficient (Wildman–Crippen LogP) is -0.655. The van der Waals surface area contributed by atoms with Gasteiger partial charge in [0.1, 0.15) is 0 Å². The molecule has 0 aliphatic rings. The highest BCUT2D eigenvalue weighted by Crippen LogP contribution is 2.05. The van der Waals surface area contributed by atoms with E-state index in [4.69, 9.17) is 15.4 Å². The van der Waals surface area contributed by atoms with Crippen molar-refractivity contribution in [1.29, 1.82) is 0 Å². The normalized spacial score (nSPS) is 16.8. The lowest BCUT2D eigenvalue weighted by Crippen LogP contribution is -2.30. The van der Waals surface area contributed by atoms with Crippen LogP contribution in [0, 0.1) is 5.92 Å². The number of hydrogen-bond donors (Lipinski definition) is 4. The molecule has 0 heterocycles. The van der Waals surface area contributed by atoms with Crippen molar-refractivity contribution in [2.24, 2.45) is 5.92 Å². The average Bonchev–Trinajstić information content (AvgIpc) is 1.89. The van der Waals surface area contributed by atoms with Crippen molar-refractivity contribution in [1.82, 2.24) is 5.48 Å². The Kier molecular flexibility index (Phi) is 5.52. The van der Waals surface area contributed by atoms with E-state index < -0.39 is 6.10 Å². The zero-order chi connectivity index (χ0) is 7.98. The van der Waals surface area contributed by atoms with E-state index in [0.717, 1.165) is 0 Å². The van der Waals surface area contributed by atoms with Crippen molar-refractivity contribution in [3.8, 4) is 0 Å². The second-order valence-electron chi connectivity index (χ2n) is 2.42. The van der Waals surface area contributed by atoms with Crippen LogP contribution >= 0.6 is 0 Å². The van der Waals surface area contributed by atoms with Crippen LogP contribution < -0.4 is 5.48 Å². The third kappa shape index (κ3) is 3.79. The zero-order valence-electron chi connectivity index (χ0n) is 6.12. The van der Waals surface area contributed by atoms with Crippen LogP contribution in [0.25, 0.3) is 0 Å². The Balaban J connectivity index is 3.38. The summed E-state index contributed by atoms with van der Waals surface area (Å²) in [6.07, 6.45) is -0.0276. The van der Waals surface area contributed by atoms with Gasteiger partial charge in [-0.3, -0.25) is 0 Å². The molecule has 0 spiro atoms. The van der Waals surface area contributed by atoms with Gasteiger partial charge >= 0.3 is 0 Å². The molecule has 2 atom stereocenters. The molecule has 0 fully saturated rings. The van der Waals surface area contributed by atoms with E-state index in [1.807, 2.05) is 12.4 Å². The molecule has 0 aliphatic carbocycles. The molecule has 0 radical (unpaired) electrons. The summed E-state index contributed by atoms with van der Waals surface area (Å²) >= 11 is 0. The van der Waals surface area contributed by atoms with E-state index in [1.165, 1.54) is 0 Å². The third-order valence-electron chi connectivity index (χ3n) is 1.54. The van der Waals surface area contributed by atoms with Gasteiger partial charge in [0.05, 0.1) is 6.10 Å². The summed E-state index contributed by atoms with van der Waals surface area (Å²) < 4.78 is 0. The molecular formula is C6H15NO3. The van der Waals surface area contributed by atoms with Crippen molar-refractivity contribution < 1.29 is 15.4 Å². The van der Waals surface area contributed by atoms with Gasteiger partial charge < -0.3 is 15.4 Å². The van der Waals surface area contributed by atoms with E-state index in [-0.39, 0.29) is 19.1 Å². The number of aliphatic hydroxyl groups excluding tert-OH is 2. The first-order valence-electron chi connectivity index (χ1n) is 3.38. The van der Waals surface area contributed by atoms with Crippen LogP contribution in [-0.4, -0.2) is 34.7 Å². The minimum atomic E-state index is -0.586. The minimum Gasteiger partial charge on any atom is -0.396 e. The maximum absolute atomic E-state index is 9.12. The first kappa shape index (κ1) is 9.84. The van der Waals surface area contributed by atoms with Crippen LogP contribution in [0.3, 0.4) is 0 Å². The summed E-state index contributed by atoms with van der Waals surface area (Å²) in [6.45, 7) is 2.04. The summed E-state index contributed by atoms with van der Waals surface area (Å²) in [4.78, 5) is 0. The Hall–Kier alpha value is -0.160. The lowest BCUT2D eigenvalue weighted by Gasteiger charge is -2.16. The van der Waals surface area contributed by atoms with Gasteiger partial charge in [0.25, 0.3) is 0 Å². The van der Waals surface area contributed by atoms with Crippen LogP contribution in [0.4, 0.5) is 0 Å². The Bertz CT molecular complexity index is 69.4. The second kappa shape index (κ2) is 5.61. The van der Waals surface area contributed by atoms with Gasteiger partial charge in [0.2, 0.25) is 0 Å². The van der Waals surface area contributed by atoms with Crippen molar-refractivity contribution in [2.45, 2.75) is 19.4 Å². The quantitative estimate of drug-likeness (QED) is 0.392. The molecule has 4 nitrogen and oxygen atoms in total. The molecule has 2 unspecified atom stereocenters. The average molecular weight is 149 g/mol. The molecule has 4 heteroatoms. The van der Waals surface area contributed by atoms with Gasteiger partial charge in [0.15, 0.2) is 0 Å². The third-order valence-corrected chi connectivity index (χ3v) is 1.54. The molecule has 0 saturated heterocycles. The number of hydroxylamine groups is 1. The second-order valence-corrected chi connectivity index (χ2v) is 2.42. The van der Waals surface area contributed by atoms with E-state index in [0.29, 0.717) is 6.42 Å². The van der Waals surface area contributed by atoms with Crippen LogP contribution in [0.2, 0.25) is 0 Å². The van der Waals surface area contributed by atoms with Gasteiger partial charge in [0, 0.05) is 13.2 Å². The highest BCUT2D eigenvalue weighted by Gasteiger charge is 2.11. The fraction of sp³-hybridized carbons (Fsp3) is 1.00. The zero-order valence-corrected chi connectivity index (χ0v) is 6.12. The molecule has 0 bridgehead atoms. The highest BCUT2D eigenvalue weighted by atomic mass is 16.5. The fourth-order valence-corrected chi connectivity index (χ4v) is 0.691. The standard InChI is InChI=1S/C6H15NO3/c1-5(2-3-8)6(9)4-7-10/h5-10H,2-4H2,1H3. The van der Waals surface area contributed by atoms with E-state index in [2.05, 4.69) is 0 Å². The number of aliphatic hydroxyl groups is 2. The number of nitrogens with one attached hydrogen (secondary N) is 1. The first-order valence-corrected chi connectivity index (χ1v) is 3.38. The Morgan fingerprint density at radius 3 is 2.50 bits per heavy atom. The molecule has 0 rings (SSSR count).